The van der Waals surface area contributed by atoms with E-state index in [1.165, 1.54) is 11.6 Å². The van der Waals surface area contributed by atoms with Gasteiger partial charge in [-0.05, 0) is 56.0 Å². The van der Waals surface area contributed by atoms with Crippen LogP contribution in [0.5, 0.6) is 0 Å². The quantitative estimate of drug-likeness (QED) is 0.751. The van der Waals surface area contributed by atoms with E-state index in [1.807, 2.05) is 12.1 Å². The summed E-state index contributed by atoms with van der Waals surface area (Å²) in [4.78, 5) is 0. The highest BCUT2D eigenvalue weighted by atomic mass is 19.1. The van der Waals surface area contributed by atoms with Crippen LogP contribution in [0.3, 0.4) is 0 Å². The van der Waals surface area contributed by atoms with E-state index in [-0.39, 0.29) is 5.82 Å². The molecule has 2 aromatic carbocycles. The first kappa shape index (κ1) is 14.7. The summed E-state index contributed by atoms with van der Waals surface area (Å²) in [5, 5.41) is 3.50. The summed E-state index contributed by atoms with van der Waals surface area (Å²) in [6.45, 7) is 3.14. The average molecular weight is 271 g/mol. The largest absolute Gasteiger partial charge is 0.314 e. The highest BCUT2D eigenvalue weighted by Crippen LogP contribution is 2.07. The van der Waals surface area contributed by atoms with Crippen molar-refractivity contribution in [3.8, 4) is 0 Å². The molecular weight excluding hydrogens is 249 g/mol. The molecule has 0 spiro atoms. The zero-order chi connectivity index (χ0) is 14.2. The van der Waals surface area contributed by atoms with Crippen LogP contribution in [-0.2, 0) is 12.8 Å². The maximum atomic E-state index is 13.1. The molecule has 0 aliphatic rings. The molecule has 2 rings (SSSR count). The molecule has 0 saturated heterocycles. The molecule has 1 nitrogen and oxygen atoms in total. The minimum absolute atomic E-state index is 0.154. The van der Waals surface area contributed by atoms with E-state index in [0.29, 0.717) is 6.04 Å². The standard InChI is InChI=1S/C18H22FN/c1-15(13-17-9-5-11-18(19)14-17)20-12-6-10-16-7-3-2-4-8-16/h2-5,7-9,11,14-15,20H,6,10,12-13H2,1H3. The summed E-state index contributed by atoms with van der Waals surface area (Å²) in [6, 6.07) is 17.7. The van der Waals surface area contributed by atoms with E-state index in [1.54, 1.807) is 12.1 Å². The molecule has 2 heteroatoms. The minimum atomic E-state index is -0.154. The van der Waals surface area contributed by atoms with Crippen molar-refractivity contribution in [2.45, 2.75) is 32.2 Å². The Balaban J connectivity index is 1.66. The van der Waals surface area contributed by atoms with E-state index in [9.17, 15) is 4.39 Å². The van der Waals surface area contributed by atoms with Crippen LogP contribution >= 0.6 is 0 Å². The SMILES string of the molecule is CC(Cc1cccc(F)c1)NCCCc1ccccc1. The van der Waals surface area contributed by atoms with Gasteiger partial charge in [-0.1, -0.05) is 42.5 Å². The second kappa shape index (κ2) is 7.81. The molecule has 0 amide bonds. The Labute approximate surface area is 120 Å². The lowest BCUT2D eigenvalue weighted by atomic mass is 10.1. The Morgan fingerprint density at radius 2 is 1.75 bits per heavy atom. The molecule has 0 heterocycles. The van der Waals surface area contributed by atoms with Gasteiger partial charge in [-0.25, -0.2) is 4.39 Å². The smallest absolute Gasteiger partial charge is 0.123 e. The third-order valence-corrected chi connectivity index (χ3v) is 3.41. The van der Waals surface area contributed by atoms with E-state index < -0.39 is 0 Å². The van der Waals surface area contributed by atoms with Crippen LogP contribution in [0.15, 0.2) is 54.6 Å². The third-order valence-electron chi connectivity index (χ3n) is 3.41. The Bertz CT molecular complexity index is 510. The molecule has 0 fully saturated rings. The summed E-state index contributed by atoms with van der Waals surface area (Å²) in [5.41, 5.74) is 2.43. The molecule has 0 bridgehead atoms. The van der Waals surface area contributed by atoms with E-state index in [2.05, 4.69) is 36.5 Å². The van der Waals surface area contributed by atoms with Crippen molar-refractivity contribution in [3.05, 3.63) is 71.5 Å². The zero-order valence-corrected chi connectivity index (χ0v) is 12.0. The predicted octanol–water partition coefficient (Wildman–Crippen LogP) is 3.98. The fourth-order valence-corrected chi connectivity index (χ4v) is 2.38. The maximum absolute atomic E-state index is 13.1. The monoisotopic (exact) mass is 271 g/mol. The van der Waals surface area contributed by atoms with Crippen LogP contribution in [0.4, 0.5) is 4.39 Å². The Kier molecular flexibility index (Phi) is 5.75. The van der Waals surface area contributed by atoms with Crippen molar-refractivity contribution in [1.29, 1.82) is 0 Å². The fraction of sp³-hybridized carbons (Fsp3) is 0.333. The predicted molar refractivity (Wildman–Crippen MR) is 82.3 cm³/mol. The fourth-order valence-electron chi connectivity index (χ4n) is 2.38. The van der Waals surface area contributed by atoms with E-state index >= 15 is 0 Å². The van der Waals surface area contributed by atoms with Gasteiger partial charge in [-0.2, -0.15) is 0 Å². The first-order valence-electron chi connectivity index (χ1n) is 7.26. The number of aryl methyl sites for hydroxylation is 1. The molecule has 0 aliphatic heterocycles. The molecule has 1 unspecified atom stereocenters. The molecule has 0 saturated carbocycles. The van der Waals surface area contributed by atoms with Crippen molar-refractivity contribution in [2.75, 3.05) is 6.54 Å². The number of nitrogens with one attached hydrogen (secondary N) is 1. The van der Waals surface area contributed by atoms with Crippen LogP contribution in [0, 0.1) is 5.82 Å². The number of halogens is 1. The second-order valence-electron chi connectivity index (χ2n) is 5.28. The van der Waals surface area contributed by atoms with Crippen molar-refractivity contribution in [3.63, 3.8) is 0 Å². The van der Waals surface area contributed by atoms with Crippen LogP contribution in [0.25, 0.3) is 0 Å². The molecule has 20 heavy (non-hydrogen) atoms. The Hall–Kier alpha value is -1.67. The van der Waals surface area contributed by atoms with Gasteiger partial charge in [0.15, 0.2) is 0 Å². The van der Waals surface area contributed by atoms with Gasteiger partial charge in [0.05, 0.1) is 0 Å². The summed E-state index contributed by atoms with van der Waals surface area (Å²) in [7, 11) is 0. The summed E-state index contributed by atoms with van der Waals surface area (Å²) in [6.07, 6.45) is 3.08. The van der Waals surface area contributed by atoms with Crippen molar-refractivity contribution >= 4 is 0 Å². The third kappa shape index (κ3) is 5.14. The number of benzene rings is 2. The molecule has 1 N–H and O–H groups in total. The normalized spacial score (nSPS) is 12.3. The van der Waals surface area contributed by atoms with Crippen LogP contribution in [0.1, 0.15) is 24.5 Å². The second-order valence-corrected chi connectivity index (χ2v) is 5.28. The van der Waals surface area contributed by atoms with Gasteiger partial charge >= 0.3 is 0 Å². The molecule has 1 atom stereocenters. The van der Waals surface area contributed by atoms with Crippen LogP contribution in [0.2, 0.25) is 0 Å². The first-order chi connectivity index (χ1) is 9.74. The van der Waals surface area contributed by atoms with Crippen molar-refractivity contribution in [2.24, 2.45) is 0 Å². The highest BCUT2D eigenvalue weighted by molar-refractivity contribution is 5.17. The molecule has 106 valence electrons. The zero-order valence-electron chi connectivity index (χ0n) is 12.0. The topological polar surface area (TPSA) is 12.0 Å². The van der Waals surface area contributed by atoms with Gasteiger partial charge in [0.2, 0.25) is 0 Å². The summed E-state index contributed by atoms with van der Waals surface area (Å²) in [5.74, 6) is -0.154. The number of rotatable bonds is 7. The molecule has 2 aromatic rings. The molecule has 0 aliphatic carbocycles. The summed E-state index contributed by atoms with van der Waals surface area (Å²) >= 11 is 0. The Morgan fingerprint density at radius 3 is 2.50 bits per heavy atom. The summed E-state index contributed by atoms with van der Waals surface area (Å²) < 4.78 is 13.1. The first-order valence-corrected chi connectivity index (χ1v) is 7.26. The van der Waals surface area contributed by atoms with Crippen molar-refractivity contribution in [1.82, 2.24) is 5.32 Å². The molecule has 0 aromatic heterocycles. The van der Waals surface area contributed by atoms with Gasteiger partial charge in [0.1, 0.15) is 5.82 Å². The van der Waals surface area contributed by atoms with Gasteiger partial charge in [0.25, 0.3) is 0 Å². The van der Waals surface area contributed by atoms with Crippen molar-refractivity contribution < 1.29 is 4.39 Å². The lowest BCUT2D eigenvalue weighted by Gasteiger charge is -2.14. The molecule has 0 radical (unpaired) electrons. The number of hydrogen-bond donors (Lipinski definition) is 1. The highest BCUT2D eigenvalue weighted by Gasteiger charge is 2.03. The van der Waals surface area contributed by atoms with Crippen LogP contribution < -0.4 is 5.32 Å². The van der Waals surface area contributed by atoms with E-state index in [4.69, 9.17) is 0 Å². The van der Waals surface area contributed by atoms with Gasteiger partial charge < -0.3 is 5.32 Å². The lowest BCUT2D eigenvalue weighted by Crippen LogP contribution is -2.29. The average Bonchev–Trinajstić information content (AvgIpc) is 2.45. The van der Waals surface area contributed by atoms with Gasteiger partial charge in [0, 0.05) is 6.04 Å². The molecular formula is C18H22FN. The van der Waals surface area contributed by atoms with Crippen LogP contribution in [-0.4, -0.2) is 12.6 Å². The number of hydrogen-bond acceptors (Lipinski definition) is 1. The lowest BCUT2D eigenvalue weighted by molar-refractivity contribution is 0.532. The maximum Gasteiger partial charge on any atom is 0.123 e. The Morgan fingerprint density at radius 1 is 1.00 bits per heavy atom. The minimum Gasteiger partial charge on any atom is -0.314 e. The van der Waals surface area contributed by atoms with E-state index in [0.717, 1.165) is 31.4 Å². The van der Waals surface area contributed by atoms with Gasteiger partial charge in [-0.15, -0.1) is 0 Å². The van der Waals surface area contributed by atoms with Gasteiger partial charge in [-0.3, -0.25) is 0 Å².